The average Bonchev–Trinajstić information content (AvgIpc) is 2.85. The minimum atomic E-state index is 0.497. The summed E-state index contributed by atoms with van der Waals surface area (Å²) in [6, 6.07) is 3.81. The van der Waals surface area contributed by atoms with Crippen molar-refractivity contribution in [1.29, 1.82) is 0 Å². The first kappa shape index (κ1) is 9.10. The third-order valence-electron chi connectivity index (χ3n) is 2.57. The van der Waals surface area contributed by atoms with Gasteiger partial charge in [0.1, 0.15) is 5.76 Å². The van der Waals surface area contributed by atoms with Crippen LogP contribution in [0, 0.1) is 5.92 Å². The predicted molar refractivity (Wildman–Crippen MR) is 53.1 cm³/mol. The van der Waals surface area contributed by atoms with E-state index in [1.54, 1.807) is 0 Å². The lowest BCUT2D eigenvalue weighted by Gasteiger charge is -2.12. The second kappa shape index (κ2) is 3.72. The Balaban J connectivity index is 2.10. The number of halogens is 1. The molecule has 1 heterocycles. The van der Waals surface area contributed by atoms with E-state index < -0.39 is 0 Å². The van der Waals surface area contributed by atoms with E-state index in [1.165, 1.54) is 12.8 Å². The van der Waals surface area contributed by atoms with Crippen molar-refractivity contribution < 1.29 is 4.42 Å². The van der Waals surface area contributed by atoms with Gasteiger partial charge in [0.25, 0.3) is 0 Å². The van der Waals surface area contributed by atoms with Gasteiger partial charge in [-0.25, -0.2) is 0 Å². The molecule has 0 aliphatic heterocycles. The maximum absolute atomic E-state index is 5.74. The third kappa shape index (κ3) is 2.06. The van der Waals surface area contributed by atoms with E-state index in [1.807, 2.05) is 19.2 Å². The molecule has 1 aromatic heterocycles. The zero-order valence-corrected chi connectivity index (χ0v) is 8.47. The Kier molecular flexibility index (Phi) is 2.61. The summed E-state index contributed by atoms with van der Waals surface area (Å²) >= 11 is 5.74. The Morgan fingerprint density at radius 2 is 2.38 bits per heavy atom. The lowest BCUT2D eigenvalue weighted by molar-refractivity contribution is 0.427. The van der Waals surface area contributed by atoms with Crippen LogP contribution >= 0.6 is 11.6 Å². The summed E-state index contributed by atoms with van der Waals surface area (Å²) in [7, 11) is 1.97. The molecule has 13 heavy (non-hydrogen) atoms. The number of hydrogen-bond acceptors (Lipinski definition) is 2. The van der Waals surface area contributed by atoms with Gasteiger partial charge in [0.2, 0.25) is 0 Å². The second-order valence-corrected chi connectivity index (χ2v) is 4.02. The summed E-state index contributed by atoms with van der Waals surface area (Å²) in [5.41, 5.74) is 0. The number of rotatable bonds is 4. The molecule has 0 amide bonds. The van der Waals surface area contributed by atoms with Crippen molar-refractivity contribution in [2.24, 2.45) is 5.92 Å². The van der Waals surface area contributed by atoms with Crippen LogP contribution in [0.3, 0.4) is 0 Å². The molecule has 1 aromatic rings. The minimum absolute atomic E-state index is 0.497. The van der Waals surface area contributed by atoms with Gasteiger partial charge in [-0.1, -0.05) is 0 Å². The zero-order chi connectivity index (χ0) is 9.26. The van der Waals surface area contributed by atoms with Gasteiger partial charge < -0.3 is 9.73 Å². The van der Waals surface area contributed by atoms with E-state index in [0.29, 0.717) is 11.1 Å². The zero-order valence-electron chi connectivity index (χ0n) is 7.72. The molecule has 2 rings (SSSR count). The minimum Gasteiger partial charge on any atom is -0.449 e. The molecular weight excluding hydrogens is 186 g/mol. The Bertz CT molecular complexity index is 280. The normalized spacial score (nSPS) is 18.9. The van der Waals surface area contributed by atoms with E-state index in [0.717, 1.165) is 18.2 Å². The van der Waals surface area contributed by atoms with Gasteiger partial charge >= 0.3 is 0 Å². The van der Waals surface area contributed by atoms with Crippen molar-refractivity contribution in [3.05, 3.63) is 23.1 Å². The smallest absolute Gasteiger partial charge is 0.193 e. The van der Waals surface area contributed by atoms with Crippen LogP contribution in [-0.4, -0.2) is 13.6 Å². The first-order valence-corrected chi connectivity index (χ1v) is 5.09. The van der Waals surface area contributed by atoms with Crippen LogP contribution in [0.4, 0.5) is 0 Å². The molecule has 1 unspecified atom stereocenters. The summed E-state index contributed by atoms with van der Waals surface area (Å²) in [5.74, 6) is 2.34. The number of furan rings is 1. The van der Waals surface area contributed by atoms with Crippen LogP contribution in [-0.2, 0) is 0 Å². The summed E-state index contributed by atoms with van der Waals surface area (Å²) < 4.78 is 5.42. The number of nitrogens with one attached hydrogen (secondary N) is 1. The van der Waals surface area contributed by atoms with E-state index in [-0.39, 0.29) is 0 Å². The van der Waals surface area contributed by atoms with Gasteiger partial charge in [-0.3, -0.25) is 0 Å². The van der Waals surface area contributed by atoms with E-state index in [9.17, 15) is 0 Å². The van der Waals surface area contributed by atoms with Gasteiger partial charge in [-0.2, -0.15) is 0 Å². The molecular formula is C10H14ClNO. The Hall–Kier alpha value is -0.470. The average molecular weight is 200 g/mol. The van der Waals surface area contributed by atoms with Crippen LogP contribution in [0.25, 0.3) is 0 Å². The molecule has 72 valence electrons. The maximum Gasteiger partial charge on any atom is 0.193 e. The highest BCUT2D eigenvalue weighted by Crippen LogP contribution is 2.42. The molecule has 1 atom stereocenters. The van der Waals surface area contributed by atoms with Gasteiger partial charge in [0, 0.05) is 12.5 Å². The SMILES string of the molecule is CNCC(c1ccc(Cl)o1)C1CC1. The Morgan fingerprint density at radius 3 is 2.85 bits per heavy atom. The highest BCUT2D eigenvalue weighted by Gasteiger charge is 2.33. The molecule has 1 saturated carbocycles. The van der Waals surface area contributed by atoms with E-state index in [4.69, 9.17) is 16.0 Å². The molecule has 1 fully saturated rings. The monoisotopic (exact) mass is 199 g/mol. The molecule has 1 N–H and O–H groups in total. The Labute approximate surface area is 83.3 Å². The van der Waals surface area contributed by atoms with Gasteiger partial charge in [-0.15, -0.1) is 0 Å². The van der Waals surface area contributed by atoms with E-state index >= 15 is 0 Å². The van der Waals surface area contributed by atoms with E-state index in [2.05, 4.69) is 5.32 Å². The largest absolute Gasteiger partial charge is 0.449 e. The summed E-state index contributed by atoms with van der Waals surface area (Å²) in [6.07, 6.45) is 2.65. The molecule has 3 heteroatoms. The van der Waals surface area contributed by atoms with Crippen LogP contribution < -0.4 is 5.32 Å². The molecule has 0 saturated heterocycles. The van der Waals surface area contributed by atoms with Crippen LogP contribution in [0.5, 0.6) is 0 Å². The summed E-state index contributed by atoms with van der Waals surface area (Å²) in [4.78, 5) is 0. The first-order chi connectivity index (χ1) is 6.31. The fraction of sp³-hybridized carbons (Fsp3) is 0.600. The van der Waals surface area contributed by atoms with Gasteiger partial charge in [0.15, 0.2) is 5.22 Å². The molecule has 0 spiro atoms. The highest BCUT2D eigenvalue weighted by atomic mass is 35.5. The van der Waals surface area contributed by atoms with Crippen molar-refractivity contribution in [3.63, 3.8) is 0 Å². The van der Waals surface area contributed by atoms with Crippen LogP contribution in [0.1, 0.15) is 24.5 Å². The highest BCUT2D eigenvalue weighted by molar-refractivity contribution is 6.28. The second-order valence-electron chi connectivity index (χ2n) is 3.64. The lowest BCUT2D eigenvalue weighted by atomic mass is 10.0. The quantitative estimate of drug-likeness (QED) is 0.807. The first-order valence-electron chi connectivity index (χ1n) is 4.71. The van der Waals surface area contributed by atoms with Crippen LogP contribution in [0.15, 0.2) is 16.5 Å². The fourth-order valence-corrected chi connectivity index (χ4v) is 1.90. The number of hydrogen-bond donors (Lipinski definition) is 1. The topological polar surface area (TPSA) is 25.2 Å². The van der Waals surface area contributed by atoms with Crippen LogP contribution in [0.2, 0.25) is 5.22 Å². The molecule has 0 radical (unpaired) electrons. The standard InChI is InChI=1S/C10H14ClNO/c1-12-6-8(7-2-3-7)9-4-5-10(11)13-9/h4-5,7-8,12H,2-3,6H2,1H3. The lowest BCUT2D eigenvalue weighted by Crippen LogP contribution is -2.18. The predicted octanol–water partition coefficient (Wildman–Crippen LogP) is 2.65. The van der Waals surface area contributed by atoms with Gasteiger partial charge in [-0.05, 0) is 49.5 Å². The van der Waals surface area contributed by atoms with Crippen molar-refractivity contribution in [1.82, 2.24) is 5.32 Å². The molecule has 0 aromatic carbocycles. The molecule has 1 aliphatic rings. The van der Waals surface area contributed by atoms with Crippen molar-refractivity contribution >= 4 is 11.6 Å². The fourth-order valence-electron chi connectivity index (χ4n) is 1.75. The summed E-state index contributed by atoms with van der Waals surface area (Å²) in [6.45, 7) is 0.981. The third-order valence-corrected chi connectivity index (χ3v) is 2.78. The van der Waals surface area contributed by atoms with Crippen molar-refractivity contribution in [3.8, 4) is 0 Å². The molecule has 1 aliphatic carbocycles. The molecule has 0 bridgehead atoms. The summed E-state index contributed by atoms with van der Waals surface area (Å²) in [5, 5.41) is 3.69. The number of likely N-dealkylation sites (N-methyl/N-ethyl adjacent to an activating group) is 1. The van der Waals surface area contributed by atoms with Crippen molar-refractivity contribution in [2.75, 3.05) is 13.6 Å². The van der Waals surface area contributed by atoms with Crippen molar-refractivity contribution in [2.45, 2.75) is 18.8 Å². The molecule has 2 nitrogen and oxygen atoms in total. The Morgan fingerprint density at radius 1 is 1.62 bits per heavy atom. The van der Waals surface area contributed by atoms with Gasteiger partial charge in [0.05, 0.1) is 0 Å². The maximum atomic E-state index is 5.74.